The fraction of sp³-hybridized carbons (Fsp3) is 0. The number of fused-ring (bicyclic) bond motifs is 2. The lowest BCUT2D eigenvalue weighted by molar-refractivity contribution is 0.262. The molecular weight excluding hydrogens is 789 g/mol. The summed E-state index contributed by atoms with van der Waals surface area (Å²) in [6.45, 7) is 0. The summed E-state index contributed by atoms with van der Waals surface area (Å²) in [5.41, 5.74) is -0.0268. The van der Waals surface area contributed by atoms with Crippen LogP contribution in [0.4, 0.5) is 27.5 Å². The molecule has 0 bridgehead atoms. The number of nitrogens with one attached hydrogen (secondary N) is 4. The molecule has 0 heterocycles. The summed E-state index contributed by atoms with van der Waals surface area (Å²) in [7, 11) is -18.2. The smallest absolute Gasteiger partial charge is 0.323 e. The summed E-state index contributed by atoms with van der Waals surface area (Å²) in [5, 5.41) is 25.9. The Balaban J connectivity index is 1.18. The molecule has 6 rings (SSSR count). The second-order valence-electron chi connectivity index (χ2n) is 11.4. The Bertz CT molecular complexity index is 2770. The SMILES string of the molecule is O=C(Nc1cccc(S(=O)(=O)Nc2cccc3c(O)c(S(=O)(=O)O)ccc23)c1)Nc1cccc(S(=O)(=O)Nc2cccc3c(O)c(S(=O)(=O)O)ccc23)c1. The van der Waals surface area contributed by atoms with Crippen LogP contribution in [-0.4, -0.2) is 59.0 Å². The number of sulfonamides is 2. The van der Waals surface area contributed by atoms with Crippen LogP contribution in [0.1, 0.15) is 0 Å². The molecule has 0 radical (unpaired) electrons. The molecule has 0 aliphatic rings. The number of urea groups is 1. The first-order valence-electron chi connectivity index (χ1n) is 15.0. The number of anilines is 4. The predicted molar refractivity (Wildman–Crippen MR) is 198 cm³/mol. The molecule has 54 heavy (non-hydrogen) atoms. The maximum atomic E-state index is 13.3. The first kappa shape index (κ1) is 37.8. The van der Waals surface area contributed by atoms with E-state index < -0.39 is 67.6 Å². The van der Waals surface area contributed by atoms with Gasteiger partial charge < -0.3 is 20.8 Å². The van der Waals surface area contributed by atoms with E-state index in [2.05, 4.69) is 20.1 Å². The van der Waals surface area contributed by atoms with Gasteiger partial charge in [0.2, 0.25) is 0 Å². The van der Waals surface area contributed by atoms with Crippen LogP contribution in [0.25, 0.3) is 21.5 Å². The van der Waals surface area contributed by atoms with Crippen molar-refractivity contribution in [3.8, 4) is 11.5 Å². The lowest BCUT2D eigenvalue weighted by Gasteiger charge is -2.14. The van der Waals surface area contributed by atoms with Crippen molar-refractivity contribution >= 4 is 90.6 Å². The van der Waals surface area contributed by atoms with E-state index in [9.17, 15) is 57.8 Å². The summed E-state index contributed by atoms with van der Waals surface area (Å²) in [4.78, 5) is 10.8. The number of rotatable bonds is 10. The molecule has 8 N–H and O–H groups in total. The van der Waals surface area contributed by atoms with E-state index in [1.807, 2.05) is 0 Å². The molecule has 0 aromatic heterocycles. The monoisotopic (exact) mass is 814 g/mol. The Morgan fingerprint density at radius 3 is 1.20 bits per heavy atom. The van der Waals surface area contributed by atoms with Gasteiger partial charge in [-0.1, -0.05) is 48.5 Å². The van der Waals surface area contributed by atoms with Crippen LogP contribution in [0.3, 0.4) is 0 Å². The highest BCUT2D eigenvalue weighted by atomic mass is 32.2. The van der Waals surface area contributed by atoms with E-state index in [1.54, 1.807) is 0 Å². The first-order chi connectivity index (χ1) is 25.2. The summed E-state index contributed by atoms with van der Waals surface area (Å²) < 4.78 is 123. The maximum absolute atomic E-state index is 13.3. The number of hydrogen-bond donors (Lipinski definition) is 8. The molecule has 0 unspecified atom stereocenters. The van der Waals surface area contributed by atoms with Gasteiger partial charge in [-0.05, 0) is 60.7 Å². The Labute approximate surface area is 307 Å². The Morgan fingerprint density at radius 1 is 0.463 bits per heavy atom. The van der Waals surface area contributed by atoms with Crippen LogP contribution in [0, 0.1) is 0 Å². The second-order valence-corrected chi connectivity index (χ2v) is 17.6. The van der Waals surface area contributed by atoms with E-state index >= 15 is 0 Å². The van der Waals surface area contributed by atoms with Crippen molar-refractivity contribution < 1.29 is 57.8 Å². The molecular formula is C33H26N4O13S4. The Kier molecular flexibility index (Phi) is 9.64. The lowest BCUT2D eigenvalue weighted by atomic mass is 10.1. The van der Waals surface area contributed by atoms with Crippen LogP contribution >= 0.6 is 0 Å². The van der Waals surface area contributed by atoms with E-state index in [0.717, 1.165) is 24.3 Å². The molecule has 0 aliphatic carbocycles. The number of hydrogen-bond acceptors (Lipinski definition) is 11. The van der Waals surface area contributed by atoms with Crippen LogP contribution < -0.4 is 20.1 Å². The van der Waals surface area contributed by atoms with Crippen molar-refractivity contribution in [1.82, 2.24) is 0 Å². The third kappa shape index (κ3) is 7.71. The molecule has 6 aromatic carbocycles. The van der Waals surface area contributed by atoms with Gasteiger partial charge in [0.25, 0.3) is 40.3 Å². The number of phenols is 2. The molecule has 21 heteroatoms. The topological polar surface area (TPSA) is 283 Å². The zero-order chi connectivity index (χ0) is 39.2. The van der Waals surface area contributed by atoms with Gasteiger partial charge in [-0.2, -0.15) is 16.8 Å². The van der Waals surface area contributed by atoms with Crippen molar-refractivity contribution in [3.63, 3.8) is 0 Å². The summed E-state index contributed by atoms with van der Waals surface area (Å²) in [5.74, 6) is -1.56. The fourth-order valence-electron chi connectivity index (χ4n) is 5.42. The average molecular weight is 815 g/mol. The Hall–Kier alpha value is -5.97. The van der Waals surface area contributed by atoms with Gasteiger partial charge in [0, 0.05) is 32.9 Å². The minimum absolute atomic E-state index is 0.0190. The Morgan fingerprint density at radius 2 is 0.833 bits per heavy atom. The van der Waals surface area contributed by atoms with Crippen LogP contribution in [-0.2, 0) is 40.3 Å². The molecule has 0 fully saturated rings. The minimum Gasteiger partial charge on any atom is -0.506 e. The first-order valence-corrected chi connectivity index (χ1v) is 20.9. The summed E-state index contributed by atoms with van der Waals surface area (Å²) in [6.07, 6.45) is 0. The van der Waals surface area contributed by atoms with Crippen molar-refractivity contribution in [1.29, 1.82) is 0 Å². The molecule has 0 spiro atoms. The summed E-state index contributed by atoms with van der Waals surface area (Å²) in [6, 6.07) is 21.6. The number of benzene rings is 6. The van der Waals surface area contributed by atoms with Crippen molar-refractivity contribution in [2.75, 3.05) is 20.1 Å². The molecule has 0 saturated heterocycles. The standard InChI is InChI=1S/C33H26N4O13S4/c38-31-25-9-3-11-27(23(25)13-15-29(31)53(45,46)47)36-51(41,42)21-7-1-5-19(17-21)34-33(40)35-20-6-2-8-22(18-20)52(43,44)37-28-12-4-10-26-24(28)14-16-30(32(26)39)54(48,49)50/h1-18,36-39H,(H2,34,35,40)(H,45,46,47)(H,48,49,50). The maximum Gasteiger partial charge on any atom is 0.323 e. The second kappa shape index (κ2) is 13.8. The molecule has 2 amide bonds. The average Bonchev–Trinajstić information content (AvgIpc) is 3.08. The number of carbonyl (C=O) groups excluding carboxylic acids is 1. The number of phenolic OH excluding ortho intramolecular Hbond substituents is 2. The van der Waals surface area contributed by atoms with E-state index in [4.69, 9.17) is 0 Å². The zero-order valence-corrected chi connectivity index (χ0v) is 30.3. The molecule has 0 atom stereocenters. The van der Waals surface area contributed by atoms with Gasteiger partial charge in [0.05, 0.1) is 21.2 Å². The number of aromatic hydroxyl groups is 2. The highest BCUT2D eigenvalue weighted by molar-refractivity contribution is 7.93. The van der Waals surface area contributed by atoms with Gasteiger partial charge in [-0.3, -0.25) is 18.5 Å². The zero-order valence-electron chi connectivity index (χ0n) is 27.0. The molecule has 280 valence electrons. The van der Waals surface area contributed by atoms with Gasteiger partial charge in [-0.15, -0.1) is 0 Å². The van der Waals surface area contributed by atoms with Crippen LogP contribution in [0.5, 0.6) is 11.5 Å². The van der Waals surface area contributed by atoms with Crippen LogP contribution in [0.15, 0.2) is 129 Å². The predicted octanol–water partition coefficient (Wildman–Crippen LogP) is 5.14. The van der Waals surface area contributed by atoms with E-state index in [0.29, 0.717) is 0 Å². The summed E-state index contributed by atoms with van der Waals surface area (Å²) >= 11 is 0. The van der Waals surface area contributed by atoms with Gasteiger partial charge in [0.1, 0.15) is 21.3 Å². The lowest BCUT2D eigenvalue weighted by Crippen LogP contribution is -2.20. The van der Waals surface area contributed by atoms with Gasteiger partial charge >= 0.3 is 6.03 Å². The van der Waals surface area contributed by atoms with Gasteiger partial charge in [0.15, 0.2) is 0 Å². The van der Waals surface area contributed by atoms with Crippen molar-refractivity contribution in [2.45, 2.75) is 19.6 Å². The molecule has 0 aliphatic heterocycles. The number of carbonyl (C=O) groups is 1. The largest absolute Gasteiger partial charge is 0.506 e. The third-order valence-corrected chi connectivity index (χ3v) is 12.3. The van der Waals surface area contributed by atoms with Crippen LogP contribution in [0.2, 0.25) is 0 Å². The van der Waals surface area contributed by atoms with E-state index in [-0.39, 0.29) is 54.1 Å². The molecule has 6 aromatic rings. The quantitative estimate of drug-likeness (QED) is 0.0833. The van der Waals surface area contributed by atoms with Crippen molar-refractivity contribution in [3.05, 3.63) is 109 Å². The molecule has 17 nitrogen and oxygen atoms in total. The third-order valence-electron chi connectivity index (χ3n) is 7.84. The number of amides is 2. The molecule has 0 saturated carbocycles. The minimum atomic E-state index is -4.77. The van der Waals surface area contributed by atoms with Gasteiger partial charge in [-0.25, -0.2) is 21.6 Å². The highest BCUT2D eigenvalue weighted by Gasteiger charge is 2.23. The van der Waals surface area contributed by atoms with Crippen molar-refractivity contribution in [2.24, 2.45) is 0 Å². The normalized spacial score (nSPS) is 12.3. The highest BCUT2D eigenvalue weighted by Crippen LogP contribution is 2.37. The van der Waals surface area contributed by atoms with E-state index in [1.165, 1.54) is 84.9 Å². The fourth-order valence-corrected chi connectivity index (χ4v) is 8.86.